The summed E-state index contributed by atoms with van der Waals surface area (Å²) in [5, 5.41) is 9.81. The molecule has 0 aliphatic rings. The average molecular weight is 1120 g/mol. The molecule has 3 unspecified atom stereocenters. The van der Waals surface area contributed by atoms with E-state index in [0.717, 1.165) is 83.5 Å². The number of esters is 3. The van der Waals surface area contributed by atoms with Crippen LogP contribution in [-0.4, -0.2) is 66.5 Å². The van der Waals surface area contributed by atoms with Crippen molar-refractivity contribution in [2.24, 2.45) is 0 Å². The Labute approximate surface area is 477 Å². The van der Waals surface area contributed by atoms with E-state index in [4.69, 9.17) is 23.3 Å². The maximum Gasteiger partial charge on any atom is 0.472 e. The largest absolute Gasteiger partial charge is 0.472 e. The van der Waals surface area contributed by atoms with Gasteiger partial charge in [0, 0.05) is 12.8 Å². The number of carbonyl (C=O) groups excluding carboxylic acids is 3. The monoisotopic (exact) mass is 1110 g/mol. The van der Waals surface area contributed by atoms with Crippen LogP contribution in [0.2, 0.25) is 0 Å². The van der Waals surface area contributed by atoms with E-state index in [-0.39, 0.29) is 25.9 Å². The van der Waals surface area contributed by atoms with Crippen molar-refractivity contribution in [1.29, 1.82) is 0 Å². The standard InChI is InChI=1S/C66H115O11P/c1-4-7-10-13-16-19-22-25-28-30-31-33-36-39-42-45-48-51-54-57-66(70)77-63(59-73-64(68)55-52-49-46-43-40-37-35-32-29-26-23-20-17-14-11-8-5-2)61-75-78(71,72)74-60-62(58-67)76-65(69)56-53-50-47-44-41-38-34-27-24-21-18-15-12-9-6-3/h9,12,17-18,20-21,26-27,29,34,41,44,50,53,62-63,67H,4-8,10-11,13-16,19,22-25,28,30-33,35-40,42-43,45-49,51-52,54-61H2,1-3H3,(H,71,72)/b12-9-,20-17-,21-18-,29-26-,34-27-,44-41-,53-50-. The zero-order chi connectivity index (χ0) is 56.9. The lowest BCUT2D eigenvalue weighted by Gasteiger charge is -2.21. The van der Waals surface area contributed by atoms with Gasteiger partial charge in [-0.2, -0.15) is 0 Å². The maximum atomic E-state index is 13.0. The number of phosphoric acid groups is 1. The van der Waals surface area contributed by atoms with Gasteiger partial charge in [0.05, 0.1) is 26.2 Å². The van der Waals surface area contributed by atoms with Crippen LogP contribution in [0.4, 0.5) is 0 Å². The number of unbranched alkanes of at least 4 members (excludes halogenated alkanes) is 28. The quantitative estimate of drug-likeness (QED) is 0.0197. The molecule has 0 aromatic heterocycles. The summed E-state index contributed by atoms with van der Waals surface area (Å²) in [6.07, 6.45) is 69.9. The number of rotatable bonds is 58. The van der Waals surface area contributed by atoms with Crippen LogP contribution in [0.5, 0.6) is 0 Å². The van der Waals surface area contributed by atoms with Crippen LogP contribution in [0, 0.1) is 0 Å². The van der Waals surface area contributed by atoms with E-state index in [2.05, 4.69) is 81.5 Å². The first kappa shape index (κ1) is 74.7. The number of hydrogen-bond donors (Lipinski definition) is 2. The van der Waals surface area contributed by atoms with Crippen molar-refractivity contribution in [2.75, 3.05) is 26.4 Å². The molecule has 0 amide bonds. The van der Waals surface area contributed by atoms with Crippen molar-refractivity contribution in [3.63, 3.8) is 0 Å². The van der Waals surface area contributed by atoms with Crippen molar-refractivity contribution >= 4 is 25.7 Å². The molecule has 0 heterocycles. The Bertz CT molecular complexity index is 1630. The number of phosphoric ester groups is 1. The molecule has 2 N–H and O–H groups in total. The number of hydrogen-bond acceptors (Lipinski definition) is 10. The zero-order valence-electron chi connectivity index (χ0n) is 49.9. The summed E-state index contributed by atoms with van der Waals surface area (Å²) in [6.45, 7) is 4.43. The van der Waals surface area contributed by atoms with Gasteiger partial charge in [-0.1, -0.05) is 266 Å². The Morgan fingerprint density at radius 3 is 1.15 bits per heavy atom. The van der Waals surface area contributed by atoms with Crippen LogP contribution in [0.25, 0.3) is 0 Å². The predicted molar refractivity (Wildman–Crippen MR) is 325 cm³/mol. The smallest absolute Gasteiger partial charge is 0.462 e. The highest BCUT2D eigenvalue weighted by Crippen LogP contribution is 2.43. The molecular formula is C66H115O11P. The minimum absolute atomic E-state index is 0.0567. The van der Waals surface area contributed by atoms with Gasteiger partial charge in [0.25, 0.3) is 0 Å². The van der Waals surface area contributed by atoms with Gasteiger partial charge >= 0.3 is 25.7 Å². The highest BCUT2D eigenvalue weighted by Gasteiger charge is 2.28. The van der Waals surface area contributed by atoms with Gasteiger partial charge in [-0.05, 0) is 77.0 Å². The fourth-order valence-corrected chi connectivity index (χ4v) is 9.37. The van der Waals surface area contributed by atoms with Crippen LogP contribution in [0.15, 0.2) is 85.1 Å². The minimum atomic E-state index is -4.78. The van der Waals surface area contributed by atoms with Gasteiger partial charge in [-0.25, -0.2) is 4.57 Å². The molecule has 0 aromatic carbocycles. The molecule has 0 rings (SSSR count). The Balaban J connectivity index is 4.77. The van der Waals surface area contributed by atoms with E-state index >= 15 is 0 Å². The van der Waals surface area contributed by atoms with Crippen molar-refractivity contribution in [3.05, 3.63) is 85.1 Å². The normalized spacial score (nSPS) is 13.9. The second-order valence-corrected chi connectivity index (χ2v) is 22.3. The lowest BCUT2D eigenvalue weighted by atomic mass is 10.0. The predicted octanol–water partition coefficient (Wildman–Crippen LogP) is 19.0. The van der Waals surface area contributed by atoms with Crippen LogP contribution < -0.4 is 0 Å². The number of allylic oxidation sites excluding steroid dienone is 13. The first-order valence-electron chi connectivity index (χ1n) is 31.5. The second kappa shape index (κ2) is 59.8. The number of aliphatic hydroxyl groups is 1. The average Bonchev–Trinajstić information content (AvgIpc) is 3.43. The fourth-order valence-electron chi connectivity index (χ4n) is 8.58. The summed E-state index contributed by atoms with van der Waals surface area (Å²) in [7, 11) is -4.78. The molecule has 0 aromatic rings. The van der Waals surface area contributed by atoms with Gasteiger partial charge < -0.3 is 24.2 Å². The molecule has 78 heavy (non-hydrogen) atoms. The molecule has 12 heteroatoms. The molecule has 0 aliphatic heterocycles. The molecule has 3 atom stereocenters. The van der Waals surface area contributed by atoms with E-state index in [9.17, 15) is 28.9 Å². The molecular weight excluding hydrogens is 1000 g/mol. The summed E-state index contributed by atoms with van der Waals surface area (Å²) in [5.74, 6) is -1.60. The first-order chi connectivity index (χ1) is 38.2. The fraction of sp³-hybridized carbons (Fsp3) is 0.742. The lowest BCUT2D eigenvalue weighted by molar-refractivity contribution is -0.161. The highest BCUT2D eigenvalue weighted by atomic mass is 31.2. The van der Waals surface area contributed by atoms with E-state index in [0.29, 0.717) is 19.3 Å². The third kappa shape index (κ3) is 57.3. The van der Waals surface area contributed by atoms with Crippen LogP contribution in [0.3, 0.4) is 0 Å². The zero-order valence-corrected chi connectivity index (χ0v) is 50.8. The lowest BCUT2D eigenvalue weighted by Crippen LogP contribution is -2.30. The number of carbonyl (C=O) groups is 3. The first-order valence-corrected chi connectivity index (χ1v) is 33.0. The summed E-state index contributed by atoms with van der Waals surface area (Å²) in [6, 6.07) is 0. The second-order valence-electron chi connectivity index (χ2n) is 20.9. The topological polar surface area (TPSA) is 155 Å². The molecule has 450 valence electrons. The van der Waals surface area contributed by atoms with Gasteiger partial charge in [0.2, 0.25) is 0 Å². The van der Waals surface area contributed by atoms with Gasteiger partial charge in [0.15, 0.2) is 6.10 Å². The summed E-state index contributed by atoms with van der Waals surface area (Å²) in [5.41, 5.74) is 0. The van der Waals surface area contributed by atoms with Gasteiger partial charge in [0.1, 0.15) is 12.7 Å². The van der Waals surface area contributed by atoms with E-state index in [1.54, 1.807) is 6.08 Å². The van der Waals surface area contributed by atoms with Crippen molar-refractivity contribution in [1.82, 2.24) is 0 Å². The van der Waals surface area contributed by atoms with Crippen LogP contribution >= 0.6 is 7.82 Å². The van der Waals surface area contributed by atoms with Crippen molar-refractivity contribution in [3.8, 4) is 0 Å². The highest BCUT2D eigenvalue weighted by molar-refractivity contribution is 7.47. The Morgan fingerprint density at radius 2 is 0.718 bits per heavy atom. The van der Waals surface area contributed by atoms with Crippen molar-refractivity contribution in [2.45, 2.75) is 290 Å². The molecule has 0 spiro atoms. The molecule has 0 fully saturated rings. The third-order valence-electron chi connectivity index (χ3n) is 13.3. The molecule has 0 saturated heterocycles. The SMILES string of the molecule is CC/C=C\C/C=C\C/C=C\C/C=C\C/C=C\CC(=O)OC(CO)COP(=O)(O)OCC(COC(=O)CCCCCCCCC/C=C\C/C=C\CCCCC)OC(=O)CCCCCCCCCCCCCCCCCCCCC. The van der Waals surface area contributed by atoms with Gasteiger partial charge in [-0.15, -0.1) is 0 Å². The minimum Gasteiger partial charge on any atom is -0.462 e. The summed E-state index contributed by atoms with van der Waals surface area (Å²) < 4.78 is 39.5. The van der Waals surface area contributed by atoms with Crippen LogP contribution in [-0.2, 0) is 42.2 Å². The Kier molecular flexibility index (Phi) is 57.2. The van der Waals surface area contributed by atoms with Crippen molar-refractivity contribution < 1.29 is 52.2 Å². The van der Waals surface area contributed by atoms with E-state index in [1.165, 1.54) is 135 Å². The Hall–Kier alpha value is -3.34. The summed E-state index contributed by atoms with van der Waals surface area (Å²) >= 11 is 0. The van der Waals surface area contributed by atoms with Crippen LogP contribution in [0.1, 0.15) is 278 Å². The third-order valence-corrected chi connectivity index (χ3v) is 14.3. The van der Waals surface area contributed by atoms with E-state index in [1.807, 2.05) is 18.2 Å². The van der Waals surface area contributed by atoms with Gasteiger partial charge in [-0.3, -0.25) is 23.4 Å². The molecule has 0 bridgehead atoms. The summed E-state index contributed by atoms with van der Waals surface area (Å²) in [4.78, 5) is 48.6. The Morgan fingerprint density at radius 1 is 0.385 bits per heavy atom. The maximum absolute atomic E-state index is 13.0. The molecule has 0 aliphatic carbocycles. The molecule has 0 radical (unpaired) electrons. The number of aliphatic hydroxyl groups excluding tert-OH is 1. The number of ether oxygens (including phenoxy) is 3. The molecule has 0 saturated carbocycles. The molecule has 11 nitrogen and oxygen atoms in total. The van der Waals surface area contributed by atoms with E-state index < -0.39 is 57.8 Å².